The molecule has 0 amide bonds. The van der Waals surface area contributed by atoms with E-state index in [4.69, 9.17) is 5.73 Å². The van der Waals surface area contributed by atoms with Crippen LogP contribution in [0.3, 0.4) is 0 Å². The standard InChI is InChI=1S/C10H9F4N.ClH/c11-8-4-6(9(15)1-2-9)3-7(5-8)10(12,13)14;/h3-5H,1-2,15H2;1H. The first-order valence-electron chi connectivity index (χ1n) is 4.48. The molecule has 0 aliphatic heterocycles. The van der Waals surface area contributed by atoms with Gasteiger partial charge in [-0.1, -0.05) is 0 Å². The summed E-state index contributed by atoms with van der Waals surface area (Å²) >= 11 is 0. The third-order valence-electron chi connectivity index (χ3n) is 2.59. The van der Waals surface area contributed by atoms with E-state index in [-0.39, 0.29) is 18.0 Å². The molecule has 2 rings (SSSR count). The first-order chi connectivity index (χ1) is 6.81. The van der Waals surface area contributed by atoms with Crippen molar-refractivity contribution < 1.29 is 17.6 Å². The lowest BCUT2D eigenvalue weighted by molar-refractivity contribution is -0.137. The van der Waals surface area contributed by atoms with Gasteiger partial charge >= 0.3 is 6.18 Å². The van der Waals surface area contributed by atoms with Crippen LogP contribution in [0.15, 0.2) is 18.2 Å². The van der Waals surface area contributed by atoms with Crippen molar-refractivity contribution in [2.75, 3.05) is 0 Å². The molecule has 1 saturated carbocycles. The molecular weight excluding hydrogens is 246 g/mol. The van der Waals surface area contributed by atoms with E-state index in [1.54, 1.807) is 0 Å². The Morgan fingerprint density at radius 2 is 1.69 bits per heavy atom. The molecule has 2 N–H and O–H groups in total. The van der Waals surface area contributed by atoms with Crippen LogP contribution in [0.4, 0.5) is 17.6 Å². The third-order valence-corrected chi connectivity index (χ3v) is 2.59. The van der Waals surface area contributed by atoms with Gasteiger partial charge in [0.2, 0.25) is 0 Å². The molecule has 90 valence electrons. The lowest BCUT2D eigenvalue weighted by Gasteiger charge is -2.13. The Labute approximate surface area is 96.0 Å². The van der Waals surface area contributed by atoms with E-state index in [9.17, 15) is 17.6 Å². The Kier molecular flexibility index (Phi) is 3.22. The van der Waals surface area contributed by atoms with Crippen molar-refractivity contribution >= 4 is 12.4 Å². The minimum absolute atomic E-state index is 0. The highest BCUT2D eigenvalue weighted by Gasteiger charge is 2.42. The molecule has 0 unspecified atom stereocenters. The highest BCUT2D eigenvalue weighted by molar-refractivity contribution is 5.85. The van der Waals surface area contributed by atoms with Gasteiger partial charge in [0, 0.05) is 5.54 Å². The van der Waals surface area contributed by atoms with E-state index in [0.29, 0.717) is 18.9 Å². The molecule has 1 aliphatic rings. The summed E-state index contributed by atoms with van der Waals surface area (Å²) in [5.41, 5.74) is 4.22. The van der Waals surface area contributed by atoms with Crippen LogP contribution < -0.4 is 5.73 Å². The number of rotatable bonds is 1. The maximum Gasteiger partial charge on any atom is 0.416 e. The van der Waals surface area contributed by atoms with E-state index < -0.39 is 23.1 Å². The minimum Gasteiger partial charge on any atom is -0.321 e. The van der Waals surface area contributed by atoms with Crippen molar-refractivity contribution in [3.8, 4) is 0 Å². The molecule has 0 saturated heterocycles. The van der Waals surface area contributed by atoms with Gasteiger partial charge in [-0.15, -0.1) is 12.4 Å². The molecule has 1 fully saturated rings. The average Bonchev–Trinajstić information content (AvgIpc) is 2.82. The maximum absolute atomic E-state index is 13.0. The van der Waals surface area contributed by atoms with Crippen LogP contribution in [-0.2, 0) is 11.7 Å². The van der Waals surface area contributed by atoms with Gasteiger partial charge in [-0.05, 0) is 36.6 Å². The number of hydrogen-bond acceptors (Lipinski definition) is 1. The average molecular weight is 256 g/mol. The largest absolute Gasteiger partial charge is 0.416 e. The molecule has 6 heteroatoms. The smallest absolute Gasteiger partial charge is 0.321 e. The molecule has 0 spiro atoms. The Morgan fingerprint density at radius 3 is 2.12 bits per heavy atom. The maximum atomic E-state index is 13.0. The fourth-order valence-electron chi connectivity index (χ4n) is 1.46. The van der Waals surface area contributed by atoms with Gasteiger partial charge < -0.3 is 5.73 Å². The minimum atomic E-state index is -4.53. The Hall–Kier alpha value is -0.810. The Bertz CT molecular complexity index is 375. The van der Waals surface area contributed by atoms with Gasteiger partial charge in [0.05, 0.1) is 5.56 Å². The summed E-state index contributed by atoms with van der Waals surface area (Å²) in [6, 6.07) is 2.48. The summed E-state index contributed by atoms with van der Waals surface area (Å²) in [4.78, 5) is 0. The molecular formula is C10H10ClF4N. The topological polar surface area (TPSA) is 26.0 Å². The number of halogens is 5. The zero-order valence-electron chi connectivity index (χ0n) is 8.14. The fraction of sp³-hybridized carbons (Fsp3) is 0.400. The van der Waals surface area contributed by atoms with Crippen molar-refractivity contribution in [1.82, 2.24) is 0 Å². The van der Waals surface area contributed by atoms with Gasteiger partial charge in [-0.3, -0.25) is 0 Å². The summed E-state index contributed by atoms with van der Waals surface area (Å²) in [6.07, 6.45) is -3.32. The molecule has 0 heterocycles. The summed E-state index contributed by atoms with van der Waals surface area (Å²) in [5.74, 6) is -0.892. The Morgan fingerprint density at radius 1 is 1.12 bits per heavy atom. The lowest BCUT2D eigenvalue weighted by atomic mass is 10.0. The summed E-state index contributed by atoms with van der Waals surface area (Å²) < 4.78 is 50.0. The summed E-state index contributed by atoms with van der Waals surface area (Å²) in [5, 5.41) is 0. The quantitative estimate of drug-likeness (QED) is 0.766. The van der Waals surface area contributed by atoms with E-state index in [2.05, 4.69) is 0 Å². The van der Waals surface area contributed by atoms with Crippen molar-refractivity contribution in [3.05, 3.63) is 35.1 Å². The van der Waals surface area contributed by atoms with Gasteiger partial charge in [-0.2, -0.15) is 13.2 Å². The number of nitrogens with two attached hydrogens (primary N) is 1. The molecule has 0 atom stereocenters. The van der Waals surface area contributed by atoms with E-state index >= 15 is 0 Å². The second-order valence-corrected chi connectivity index (χ2v) is 3.88. The van der Waals surface area contributed by atoms with E-state index in [1.807, 2.05) is 0 Å². The SMILES string of the molecule is Cl.NC1(c2cc(F)cc(C(F)(F)F)c2)CC1. The van der Waals surface area contributed by atoms with E-state index in [1.165, 1.54) is 0 Å². The highest BCUT2D eigenvalue weighted by atomic mass is 35.5. The lowest BCUT2D eigenvalue weighted by Crippen LogP contribution is -2.20. The highest BCUT2D eigenvalue weighted by Crippen LogP contribution is 2.44. The number of benzene rings is 1. The number of alkyl halides is 3. The first-order valence-corrected chi connectivity index (χ1v) is 4.48. The van der Waals surface area contributed by atoms with Gasteiger partial charge in [0.1, 0.15) is 5.82 Å². The molecule has 1 aromatic rings. The zero-order valence-corrected chi connectivity index (χ0v) is 8.96. The van der Waals surface area contributed by atoms with Crippen molar-refractivity contribution in [1.29, 1.82) is 0 Å². The fourth-order valence-corrected chi connectivity index (χ4v) is 1.46. The normalized spacial score (nSPS) is 17.8. The van der Waals surface area contributed by atoms with Crippen molar-refractivity contribution in [2.45, 2.75) is 24.6 Å². The second-order valence-electron chi connectivity index (χ2n) is 3.88. The first kappa shape index (κ1) is 13.3. The van der Waals surface area contributed by atoms with Crippen molar-refractivity contribution in [3.63, 3.8) is 0 Å². The van der Waals surface area contributed by atoms with Crippen LogP contribution in [0.1, 0.15) is 24.0 Å². The second kappa shape index (κ2) is 3.89. The van der Waals surface area contributed by atoms with Crippen LogP contribution in [0.5, 0.6) is 0 Å². The molecule has 0 radical (unpaired) electrons. The van der Waals surface area contributed by atoms with Crippen LogP contribution in [0, 0.1) is 5.82 Å². The molecule has 0 aromatic heterocycles. The Balaban J connectivity index is 0.00000128. The van der Waals surface area contributed by atoms with Crippen LogP contribution in [-0.4, -0.2) is 0 Å². The van der Waals surface area contributed by atoms with Crippen LogP contribution >= 0.6 is 12.4 Å². The molecule has 1 nitrogen and oxygen atoms in total. The molecule has 16 heavy (non-hydrogen) atoms. The summed E-state index contributed by atoms with van der Waals surface area (Å²) in [7, 11) is 0. The predicted octanol–water partition coefficient (Wildman–Crippen LogP) is 3.21. The van der Waals surface area contributed by atoms with Gasteiger partial charge in [0.25, 0.3) is 0 Å². The third kappa shape index (κ3) is 2.47. The van der Waals surface area contributed by atoms with E-state index in [0.717, 1.165) is 12.1 Å². The van der Waals surface area contributed by atoms with Gasteiger partial charge in [0.15, 0.2) is 0 Å². The van der Waals surface area contributed by atoms with Gasteiger partial charge in [-0.25, -0.2) is 4.39 Å². The molecule has 1 aromatic carbocycles. The number of hydrogen-bond donors (Lipinski definition) is 1. The monoisotopic (exact) mass is 255 g/mol. The van der Waals surface area contributed by atoms with Crippen LogP contribution in [0.25, 0.3) is 0 Å². The predicted molar refractivity (Wildman–Crippen MR) is 53.7 cm³/mol. The molecule has 0 bridgehead atoms. The zero-order chi connectivity index (χ0) is 11.3. The molecule has 1 aliphatic carbocycles. The van der Waals surface area contributed by atoms with Crippen LogP contribution in [0.2, 0.25) is 0 Å². The van der Waals surface area contributed by atoms with Crippen molar-refractivity contribution in [2.24, 2.45) is 5.73 Å². The summed E-state index contributed by atoms with van der Waals surface area (Å²) in [6.45, 7) is 0.